The molecule has 0 fully saturated rings. The molecule has 0 saturated carbocycles. The van der Waals surface area contributed by atoms with Gasteiger partial charge in [0.25, 0.3) is 0 Å². The van der Waals surface area contributed by atoms with Gasteiger partial charge in [0.2, 0.25) is 5.95 Å². The van der Waals surface area contributed by atoms with Crippen LogP contribution in [0.4, 0.5) is 11.6 Å². The van der Waals surface area contributed by atoms with Crippen molar-refractivity contribution in [1.82, 2.24) is 15.0 Å². The monoisotopic (exact) mass is 248 g/mol. The van der Waals surface area contributed by atoms with Crippen LogP contribution in [0.1, 0.15) is 0 Å². The van der Waals surface area contributed by atoms with Gasteiger partial charge in [-0.25, -0.2) is 9.97 Å². The Hall–Kier alpha value is -2.75. The van der Waals surface area contributed by atoms with Gasteiger partial charge in [0, 0.05) is 36.0 Å². The number of para-hydroxylation sites is 1. The van der Waals surface area contributed by atoms with Crippen LogP contribution in [0.15, 0.2) is 67.3 Å². The molecule has 0 radical (unpaired) electrons. The third-order valence-corrected chi connectivity index (χ3v) is 2.70. The van der Waals surface area contributed by atoms with E-state index in [1.807, 2.05) is 42.5 Å². The fourth-order valence-electron chi connectivity index (χ4n) is 1.74. The van der Waals surface area contributed by atoms with E-state index in [4.69, 9.17) is 0 Å². The van der Waals surface area contributed by atoms with Crippen molar-refractivity contribution in [3.63, 3.8) is 0 Å². The van der Waals surface area contributed by atoms with Gasteiger partial charge < -0.3 is 5.32 Å². The second-order valence-corrected chi connectivity index (χ2v) is 4.02. The molecular formula is C15H12N4. The van der Waals surface area contributed by atoms with E-state index in [1.165, 1.54) is 0 Å². The summed E-state index contributed by atoms with van der Waals surface area (Å²) in [6, 6.07) is 13.7. The Bertz CT molecular complexity index is 636. The fourth-order valence-corrected chi connectivity index (χ4v) is 1.74. The van der Waals surface area contributed by atoms with Crippen molar-refractivity contribution in [1.29, 1.82) is 0 Å². The van der Waals surface area contributed by atoms with Crippen molar-refractivity contribution in [2.75, 3.05) is 5.32 Å². The Morgan fingerprint density at radius 2 is 1.42 bits per heavy atom. The molecule has 0 bridgehead atoms. The van der Waals surface area contributed by atoms with E-state index in [-0.39, 0.29) is 0 Å². The van der Waals surface area contributed by atoms with Crippen LogP contribution in [-0.4, -0.2) is 15.0 Å². The number of pyridine rings is 1. The summed E-state index contributed by atoms with van der Waals surface area (Å²) in [5.74, 6) is 0.587. The summed E-state index contributed by atoms with van der Waals surface area (Å²) in [7, 11) is 0. The molecule has 4 heteroatoms. The molecule has 1 aromatic carbocycles. The third-order valence-electron chi connectivity index (χ3n) is 2.70. The maximum Gasteiger partial charge on any atom is 0.227 e. The summed E-state index contributed by atoms with van der Waals surface area (Å²) >= 11 is 0. The molecule has 92 valence electrons. The second-order valence-electron chi connectivity index (χ2n) is 4.02. The maximum atomic E-state index is 4.31. The average molecular weight is 248 g/mol. The van der Waals surface area contributed by atoms with Crippen molar-refractivity contribution >= 4 is 11.6 Å². The van der Waals surface area contributed by atoms with Crippen molar-refractivity contribution in [3.8, 4) is 11.1 Å². The molecule has 1 N–H and O–H groups in total. The number of rotatable bonds is 3. The molecular weight excluding hydrogens is 236 g/mol. The van der Waals surface area contributed by atoms with Crippen LogP contribution >= 0.6 is 0 Å². The summed E-state index contributed by atoms with van der Waals surface area (Å²) < 4.78 is 0. The van der Waals surface area contributed by atoms with Crippen molar-refractivity contribution in [2.24, 2.45) is 0 Å². The lowest BCUT2D eigenvalue weighted by molar-refractivity contribution is 1.17. The number of aromatic nitrogens is 3. The molecule has 0 aliphatic rings. The molecule has 0 atom stereocenters. The summed E-state index contributed by atoms with van der Waals surface area (Å²) in [5, 5.41) is 3.15. The van der Waals surface area contributed by atoms with E-state index in [0.717, 1.165) is 16.8 Å². The van der Waals surface area contributed by atoms with E-state index in [9.17, 15) is 0 Å². The van der Waals surface area contributed by atoms with Gasteiger partial charge in [-0.3, -0.25) is 4.98 Å². The van der Waals surface area contributed by atoms with Gasteiger partial charge in [-0.2, -0.15) is 0 Å². The van der Waals surface area contributed by atoms with E-state index >= 15 is 0 Å². The van der Waals surface area contributed by atoms with Crippen LogP contribution in [0, 0.1) is 0 Å². The zero-order valence-electron chi connectivity index (χ0n) is 10.2. The first kappa shape index (κ1) is 11.3. The first-order valence-corrected chi connectivity index (χ1v) is 5.96. The fraction of sp³-hybridized carbons (Fsp3) is 0. The predicted molar refractivity (Wildman–Crippen MR) is 75.0 cm³/mol. The number of nitrogens with one attached hydrogen (secondary N) is 1. The maximum absolute atomic E-state index is 4.31. The van der Waals surface area contributed by atoms with Crippen LogP contribution in [0.2, 0.25) is 0 Å². The van der Waals surface area contributed by atoms with E-state index in [1.54, 1.807) is 24.8 Å². The number of anilines is 2. The van der Waals surface area contributed by atoms with Gasteiger partial charge in [0.1, 0.15) is 0 Å². The molecule has 3 rings (SSSR count). The molecule has 0 aliphatic carbocycles. The van der Waals surface area contributed by atoms with Crippen molar-refractivity contribution in [3.05, 3.63) is 67.3 Å². The molecule has 4 nitrogen and oxygen atoms in total. The van der Waals surface area contributed by atoms with Crippen LogP contribution in [0.25, 0.3) is 11.1 Å². The predicted octanol–water partition coefficient (Wildman–Crippen LogP) is 3.28. The van der Waals surface area contributed by atoms with Crippen LogP contribution in [0.5, 0.6) is 0 Å². The molecule has 0 amide bonds. The smallest absolute Gasteiger partial charge is 0.227 e. The molecule has 2 aromatic heterocycles. The summed E-state index contributed by atoms with van der Waals surface area (Å²) in [6.45, 7) is 0. The van der Waals surface area contributed by atoms with Crippen molar-refractivity contribution in [2.45, 2.75) is 0 Å². The quantitative estimate of drug-likeness (QED) is 0.772. The Morgan fingerprint density at radius 1 is 0.737 bits per heavy atom. The molecule has 0 aliphatic heterocycles. The van der Waals surface area contributed by atoms with E-state index < -0.39 is 0 Å². The highest BCUT2D eigenvalue weighted by Gasteiger charge is 2.00. The lowest BCUT2D eigenvalue weighted by atomic mass is 10.1. The zero-order chi connectivity index (χ0) is 12.9. The number of benzene rings is 1. The van der Waals surface area contributed by atoms with E-state index in [2.05, 4.69) is 20.3 Å². The Balaban J connectivity index is 1.80. The van der Waals surface area contributed by atoms with Crippen LogP contribution < -0.4 is 5.32 Å². The second kappa shape index (κ2) is 5.27. The highest BCUT2D eigenvalue weighted by atomic mass is 15.1. The Morgan fingerprint density at radius 3 is 2.11 bits per heavy atom. The largest absolute Gasteiger partial charge is 0.324 e. The lowest BCUT2D eigenvalue weighted by Crippen LogP contribution is -1.96. The SMILES string of the molecule is c1ccc(Nc2ncc(-c3ccncc3)cn2)cc1. The lowest BCUT2D eigenvalue weighted by Gasteiger charge is -2.05. The Kier molecular flexibility index (Phi) is 3.14. The van der Waals surface area contributed by atoms with Crippen LogP contribution in [-0.2, 0) is 0 Å². The van der Waals surface area contributed by atoms with Gasteiger partial charge in [-0.1, -0.05) is 18.2 Å². The van der Waals surface area contributed by atoms with Crippen LogP contribution in [0.3, 0.4) is 0 Å². The van der Waals surface area contributed by atoms with Gasteiger partial charge in [-0.15, -0.1) is 0 Å². The summed E-state index contributed by atoms with van der Waals surface area (Å²) in [5.41, 5.74) is 3.00. The van der Waals surface area contributed by atoms with E-state index in [0.29, 0.717) is 5.95 Å². The molecule has 0 saturated heterocycles. The average Bonchev–Trinajstić information content (AvgIpc) is 2.50. The number of hydrogen-bond donors (Lipinski definition) is 1. The highest BCUT2D eigenvalue weighted by Crippen LogP contribution is 2.18. The van der Waals surface area contributed by atoms with Gasteiger partial charge >= 0.3 is 0 Å². The molecule has 2 heterocycles. The minimum Gasteiger partial charge on any atom is -0.324 e. The van der Waals surface area contributed by atoms with Gasteiger partial charge in [0.15, 0.2) is 0 Å². The van der Waals surface area contributed by atoms with Crippen molar-refractivity contribution < 1.29 is 0 Å². The Labute approximate surface area is 111 Å². The highest BCUT2D eigenvalue weighted by molar-refractivity contribution is 5.62. The summed E-state index contributed by atoms with van der Waals surface area (Å²) in [4.78, 5) is 12.6. The minimum absolute atomic E-state index is 0.587. The van der Waals surface area contributed by atoms with Gasteiger partial charge in [-0.05, 0) is 29.8 Å². The minimum atomic E-state index is 0.587. The number of hydrogen-bond acceptors (Lipinski definition) is 4. The molecule has 0 spiro atoms. The molecule has 0 unspecified atom stereocenters. The third kappa shape index (κ3) is 2.74. The first-order chi connectivity index (χ1) is 9.42. The normalized spacial score (nSPS) is 10.1. The zero-order valence-corrected chi connectivity index (χ0v) is 10.2. The standard InChI is InChI=1S/C15H12N4/c1-2-4-14(5-3-1)19-15-17-10-13(11-18-15)12-6-8-16-9-7-12/h1-11H,(H,17,18,19). The topological polar surface area (TPSA) is 50.7 Å². The molecule has 3 aromatic rings. The molecule has 19 heavy (non-hydrogen) atoms. The number of nitrogens with zero attached hydrogens (tertiary/aromatic N) is 3. The summed E-state index contributed by atoms with van der Waals surface area (Å²) in [6.07, 6.45) is 7.11. The van der Waals surface area contributed by atoms with Gasteiger partial charge in [0.05, 0.1) is 0 Å². The first-order valence-electron chi connectivity index (χ1n) is 5.96.